The maximum Gasteiger partial charge on any atom is 0.252 e. The van der Waals surface area contributed by atoms with Crippen molar-refractivity contribution in [2.24, 2.45) is 5.92 Å². The monoisotopic (exact) mass is 464 g/mol. The Morgan fingerprint density at radius 2 is 1.92 bits per heavy atom. The number of carbonyl (C=O) groups excluding carboxylic acids is 1. The zero-order valence-corrected chi connectivity index (χ0v) is 16.6. The van der Waals surface area contributed by atoms with Gasteiger partial charge < -0.3 is 5.32 Å². The molecule has 0 saturated carbocycles. The molecule has 1 saturated heterocycles. The predicted molar refractivity (Wildman–Crippen MR) is 98.5 cm³/mol. The summed E-state index contributed by atoms with van der Waals surface area (Å²) in [7, 11) is -3.70. The van der Waals surface area contributed by atoms with Crippen LogP contribution >= 0.6 is 27.3 Å². The van der Waals surface area contributed by atoms with Gasteiger partial charge in [-0.3, -0.25) is 4.79 Å². The van der Waals surface area contributed by atoms with Gasteiger partial charge in [0.15, 0.2) is 0 Å². The van der Waals surface area contributed by atoms with E-state index in [1.807, 2.05) is 0 Å². The smallest absolute Gasteiger partial charge is 0.252 e. The van der Waals surface area contributed by atoms with Gasteiger partial charge in [0.05, 0.1) is 9.70 Å². The molecule has 10 heteroatoms. The minimum Gasteiger partial charge on any atom is -0.321 e. The maximum absolute atomic E-state index is 13.7. The molecule has 26 heavy (non-hydrogen) atoms. The van der Waals surface area contributed by atoms with Crippen molar-refractivity contribution in [1.29, 1.82) is 0 Å². The van der Waals surface area contributed by atoms with E-state index in [9.17, 15) is 22.0 Å². The molecule has 0 bridgehead atoms. The molecule has 0 spiro atoms. The van der Waals surface area contributed by atoms with Crippen LogP contribution in [-0.2, 0) is 14.8 Å². The van der Waals surface area contributed by atoms with Crippen LogP contribution in [0, 0.1) is 17.6 Å². The summed E-state index contributed by atoms with van der Waals surface area (Å²) in [6.45, 7) is 0.273. The summed E-state index contributed by atoms with van der Waals surface area (Å²) in [5, 5.41) is 2.25. The van der Waals surface area contributed by atoms with E-state index in [0.717, 1.165) is 23.5 Å². The highest BCUT2D eigenvalue weighted by molar-refractivity contribution is 9.11. The fourth-order valence-electron chi connectivity index (χ4n) is 2.78. The molecule has 5 nitrogen and oxygen atoms in total. The number of sulfonamides is 1. The zero-order valence-electron chi connectivity index (χ0n) is 13.4. The van der Waals surface area contributed by atoms with Crippen LogP contribution in [0.5, 0.6) is 0 Å². The largest absolute Gasteiger partial charge is 0.321 e. The van der Waals surface area contributed by atoms with E-state index in [1.165, 1.54) is 16.4 Å². The number of amides is 1. The molecule has 1 N–H and O–H groups in total. The van der Waals surface area contributed by atoms with Crippen molar-refractivity contribution in [1.82, 2.24) is 4.31 Å². The Hall–Kier alpha value is -1.36. The van der Waals surface area contributed by atoms with Crippen molar-refractivity contribution in [3.05, 3.63) is 45.8 Å². The minimum atomic E-state index is -3.70. The molecule has 1 aromatic carbocycles. The summed E-state index contributed by atoms with van der Waals surface area (Å²) in [6, 6.07) is 6.44. The molecule has 1 aliphatic heterocycles. The van der Waals surface area contributed by atoms with Gasteiger partial charge in [-0.25, -0.2) is 17.2 Å². The number of benzene rings is 1. The summed E-state index contributed by atoms with van der Waals surface area (Å²) in [5.74, 6) is -3.02. The first kappa shape index (κ1) is 19.4. The lowest BCUT2D eigenvalue weighted by Gasteiger charge is -2.30. The van der Waals surface area contributed by atoms with Gasteiger partial charge in [0.2, 0.25) is 5.91 Å². The number of para-hydroxylation sites is 1. The fourth-order valence-corrected chi connectivity index (χ4v) is 6.47. The van der Waals surface area contributed by atoms with Crippen LogP contribution in [0.3, 0.4) is 0 Å². The first-order valence-electron chi connectivity index (χ1n) is 7.79. The van der Waals surface area contributed by atoms with Gasteiger partial charge in [0, 0.05) is 13.1 Å². The number of thiophene rings is 1. The lowest BCUT2D eigenvalue weighted by atomic mass is 9.98. The van der Waals surface area contributed by atoms with Crippen LogP contribution in [0.4, 0.5) is 14.5 Å². The Labute approximate surface area is 162 Å². The Morgan fingerprint density at radius 1 is 1.23 bits per heavy atom. The van der Waals surface area contributed by atoms with Crippen molar-refractivity contribution in [3.8, 4) is 0 Å². The summed E-state index contributed by atoms with van der Waals surface area (Å²) in [4.78, 5) is 12.4. The zero-order chi connectivity index (χ0) is 18.9. The van der Waals surface area contributed by atoms with Gasteiger partial charge in [-0.15, -0.1) is 11.3 Å². The molecule has 0 aliphatic carbocycles. The third kappa shape index (κ3) is 3.98. The van der Waals surface area contributed by atoms with Gasteiger partial charge in [0.25, 0.3) is 10.0 Å². The Bertz CT molecular complexity index is 913. The quantitative estimate of drug-likeness (QED) is 0.747. The molecule has 1 aliphatic rings. The van der Waals surface area contributed by atoms with Crippen LogP contribution in [0.2, 0.25) is 0 Å². The molecule has 2 heterocycles. The highest BCUT2D eigenvalue weighted by Crippen LogP contribution is 2.31. The molecule has 140 valence electrons. The van der Waals surface area contributed by atoms with E-state index in [-0.39, 0.29) is 10.8 Å². The second-order valence-electron chi connectivity index (χ2n) is 5.85. The third-order valence-electron chi connectivity index (χ3n) is 4.11. The molecule has 1 atom stereocenters. The SMILES string of the molecule is O=C(Nc1c(F)cccc1F)C1CCCN(S(=O)(=O)c2ccc(Br)s2)C1. The van der Waals surface area contributed by atoms with E-state index >= 15 is 0 Å². The van der Waals surface area contributed by atoms with Crippen LogP contribution in [0.15, 0.2) is 38.3 Å². The van der Waals surface area contributed by atoms with Gasteiger partial charge in [-0.2, -0.15) is 4.31 Å². The number of piperidine rings is 1. The molecule has 1 unspecified atom stereocenters. The molecule has 0 radical (unpaired) electrons. The number of hydrogen-bond acceptors (Lipinski definition) is 4. The second-order valence-corrected chi connectivity index (χ2v) is 10.5. The molecule has 1 aromatic heterocycles. The van der Waals surface area contributed by atoms with Crippen molar-refractivity contribution >= 4 is 48.9 Å². The third-order valence-corrected chi connectivity index (χ3v) is 8.06. The average Bonchev–Trinajstić information content (AvgIpc) is 3.05. The molecular weight excluding hydrogens is 450 g/mol. The van der Waals surface area contributed by atoms with E-state index in [4.69, 9.17) is 0 Å². The van der Waals surface area contributed by atoms with Gasteiger partial charge >= 0.3 is 0 Å². The van der Waals surface area contributed by atoms with E-state index in [0.29, 0.717) is 23.2 Å². The van der Waals surface area contributed by atoms with E-state index < -0.39 is 39.2 Å². The van der Waals surface area contributed by atoms with Gasteiger partial charge in [-0.1, -0.05) is 6.07 Å². The molecule has 1 fully saturated rings. The number of halogens is 3. The Morgan fingerprint density at radius 3 is 2.54 bits per heavy atom. The Kier molecular flexibility index (Phi) is 5.75. The first-order chi connectivity index (χ1) is 12.3. The predicted octanol–water partition coefficient (Wildman–Crippen LogP) is 3.83. The van der Waals surface area contributed by atoms with E-state index in [1.54, 1.807) is 6.07 Å². The first-order valence-corrected chi connectivity index (χ1v) is 10.8. The summed E-state index contributed by atoms with van der Waals surface area (Å²) >= 11 is 4.33. The molecular formula is C16H15BrF2N2O3S2. The lowest BCUT2D eigenvalue weighted by Crippen LogP contribution is -2.43. The molecule has 2 aromatic rings. The number of rotatable bonds is 4. The number of nitrogens with one attached hydrogen (secondary N) is 1. The number of anilines is 1. The topological polar surface area (TPSA) is 66.5 Å². The standard InChI is InChI=1S/C16H15BrF2N2O3S2/c17-13-6-7-14(25-13)26(23,24)21-8-2-3-10(9-21)16(22)20-15-11(18)4-1-5-12(15)19/h1,4-7,10H,2-3,8-9H2,(H,20,22). The fraction of sp³-hybridized carbons (Fsp3) is 0.312. The number of carbonyl (C=O) groups is 1. The van der Waals surface area contributed by atoms with Gasteiger partial charge in [-0.05, 0) is 53.0 Å². The summed E-state index contributed by atoms with van der Waals surface area (Å²) in [6.07, 6.45) is 0.936. The van der Waals surface area contributed by atoms with Crippen molar-refractivity contribution in [2.75, 3.05) is 18.4 Å². The average molecular weight is 465 g/mol. The van der Waals surface area contributed by atoms with Crippen LogP contribution < -0.4 is 5.32 Å². The minimum absolute atomic E-state index is 0.0280. The van der Waals surface area contributed by atoms with E-state index in [2.05, 4.69) is 21.2 Å². The van der Waals surface area contributed by atoms with Gasteiger partial charge in [0.1, 0.15) is 21.5 Å². The van der Waals surface area contributed by atoms with Crippen molar-refractivity contribution in [3.63, 3.8) is 0 Å². The molecule has 3 rings (SSSR count). The van der Waals surface area contributed by atoms with Crippen LogP contribution in [0.1, 0.15) is 12.8 Å². The number of nitrogens with zero attached hydrogens (tertiary/aromatic N) is 1. The second kappa shape index (κ2) is 7.71. The Balaban J connectivity index is 1.75. The highest BCUT2D eigenvalue weighted by atomic mass is 79.9. The van der Waals surface area contributed by atoms with Crippen LogP contribution in [-0.4, -0.2) is 31.7 Å². The summed E-state index contributed by atoms with van der Waals surface area (Å²) in [5.41, 5.74) is -0.514. The normalized spacial score (nSPS) is 18.7. The molecule has 1 amide bonds. The van der Waals surface area contributed by atoms with Crippen molar-refractivity contribution in [2.45, 2.75) is 17.1 Å². The lowest BCUT2D eigenvalue weighted by molar-refractivity contribution is -0.120. The maximum atomic E-state index is 13.7. The summed E-state index contributed by atoms with van der Waals surface area (Å²) < 4.78 is 54.9. The van der Waals surface area contributed by atoms with Crippen LogP contribution in [0.25, 0.3) is 0 Å². The van der Waals surface area contributed by atoms with Crippen molar-refractivity contribution < 1.29 is 22.0 Å². The number of hydrogen-bond donors (Lipinski definition) is 1. The highest BCUT2D eigenvalue weighted by Gasteiger charge is 2.34.